The third-order valence-electron chi connectivity index (χ3n) is 3.10. The summed E-state index contributed by atoms with van der Waals surface area (Å²) >= 11 is 5.97. The molecule has 1 fully saturated rings. The lowest BCUT2D eigenvalue weighted by Crippen LogP contribution is -2.25. The fraction of sp³-hybridized carbons (Fsp3) is 0.667. The summed E-state index contributed by atoms with van der Waals surface area (Å²) in [6.45, 7) is 0.846. The first kappa shape index (κ1) is 13.4. The second-order valence-corrected chi connectivity index (χ2v) is 5.01. The van der Waals surface area contributed by atoms with Gasteiger partial charge in [-0.1, -0.05) is 24.4 Å². The summed E-state index contributed by atoms with van der Waals surface area (Å²) < 4.78 is 1.16. The monoisotopic (exact) mass is 271 g/mol. The van der Waals surface area contributed by atoms with Crippen LogP contribution in [-0.2, 0) is 6.54 Å². The van der Waals surface area contributed by atoms with Crippen LogP contribution in [0.4, 0.5) is 5.69 Å². The maximum absolute atomic E-state index is 11.7. The zero-order valence-corrected chi connectivity index (χ0v) is 11.0. The normalized spacial score (nSPS) is 14.8. The number of halogens is 1. The highest BCUT2D eigenvalue weighted by molar-refractivity contribution is 6.32. The lowest BCUT2D eigenvalue weighted by Gasteiger charge is -2.09. The minimum Gasteiger partial charge on any atom is -0.394 e. The van der Waals surface area contributed by atoms with Gasteiger partial charge in [0, 0.05) is 6.54 Å². The summed E-state index contributed by atoms with van der Waals surface area (Å²) in [5.41, 5.74) is 0.213. The molecule has 1 saturated carbocycles. The Morgan fingerprint density at radius 1 is 1.56 bits per heavy atom. The molecule has 6 heteroatoms. The number of aliphatic hydroxyl groups excluding tert-OH is 1. The molecular formula is C12H18ClN3O2. The van der Waals surface area contributed by atoms with Gasteiger partial charge >= 0.3 is 0 Å². The number of nitrogens with one attached hydrogen (secondary N) is 1. The van der Waals surface area contributed by atoms with Gasteiger partial charge < -0.3 is 10.4 Å². The van der Waals surface area contributed by atoms with E-state index in [1.165, 1.54) is 25.5 Å². The van der Waals surface area contributed by atoms with Gasteiger partial charge in [-0.05, 0) is 18.8 Å². The molecule has 2 N–H and O–H groups in total. The average Bonchev–Trinajstić information content (AvgIpc) is 3.17. The molecule has 1 aromatic rings. The van der Waals surface area contributed by atoms with E-state index in [1.54, 1.807) is 0 Å². The van der Waals surface area contributed by atoms with E-state index in [-0.39, 0.29) is 23.7 Å². The second kappa shape index (κ2) is 6.20. The molecule has 0 unspecified atom stereocenters. The zero-order valence-electron chi connectivity index (χ0n) is 10.2. The Morgan fingerprint density at radius 2 is 2.33 bits per heavy atom. The lowest BCUT2D eigenvalue weighted by molar-refractivity contribution is 0.266. The summed E-state index contributed by atoms with van der Waals surface area (Å²) in [4.78, 5) is 11.7. The molecule has 0 radical (unpaired) electrons. The predicted octanol–water partition coefficient (Wildman–Crippen LogP) is 1.49. The molecule has 0 aromatic carbocycles. The molecule has 0 atom stereocenters. The van der Waals surface area contributed by atoms with Gasteiger partial charge in [0.05, 0.1) is 25.0 Å². The Bertz CT molecular complexity index is 457. The number of aromatic nitrogens is 2. The van der Waals surface area contributed by atoms with Crippen molar-refractivity contribution in [1.82, 2.24) is 9.78 Å². The highest BCUT2D eigenvalue weighted by Crippen LogP contribution is 2.33. The molecule has 1 aromatic heterocycles. The molecule has 18 heavy (non-hydrogen) atoms. The van der Waals surface area contributed by atoms with Gasteiger partial charge in [0.1, 0.15) is 5.02 Å². The van der Waals surface area contributed by atoms with E-state index in [9.17, 15) is 4.79 Å². The molecule has 0 bridgehead atoms. The Morgan fingerprint density at radius 3 is 3.00 bits per heavy atom. The third-order valence-corrected chi connectivity index (χ3v) is 3.46. The van der Waals surface area contributed by atoms with Crippen LogP contribution >= 0.6 is 11.6 Å². The maximum atomic E-state index is 11.7. The number of aliphatic hydroxyl groups is 1. The fourth-order valence-corrected chi connectivity index (χ4v) is 2.08. The van der Waals surface area contributed by atoms with Gasteiger partial charge in [0.2, 0.25) is 0 Å². The Labute approximate surface area is 111 Å². The van der Waals surface area contributed by atoms with Gasteiger partial charge in [-0.25, -0.2) is 4.68 Å². The van der Waals surface area contributed by atoms with Gasteiger partial charge in [0.15, 0.2) is 0 Å². The van der Waals surface area contributed by atoms with Crippen molar-refractivity contribution in [2.24, 2.45) is 5.92 Å². The number of hydrogen-bond acceptors (Lipinski definition) is 4. The van der Waals surface area contributed by atoms with Gasteiger partial charge in [-0.15, -0.1) is 0 Å². The quantitative estimate of drug-likeness (QED) is 0.738. The van der Waals surface area contributed by atoms with Crippen molar-refractivity contribution in [3.63, 3.8) is 0 Å². The molecule has 1 aliphatic rings. The Kier molecular flexibility index (Phi) is 4.60. The third kappa shape index (κ3) is 3.46. The van der Waals surface area contributed by atoms with Crippen molar-refractivity contribution in [2.45, 2.75) is 32.2 Å². The van der Waals surface area contributed by atoms with Crippen molar-refractivity contribution in [3.8, 4) is 0 Å². The second-order valence-electron chi connectivity index (χ2n) is 4.64. The molecule has 1 aliphatic carbocycles. The van der Waals surface area contributed by atoms with Crippen LogP contribution in [0.25, 0.3) is 0 Å². The first-order valence-electron chi connectivity index (χ1n) is 6.32. The highest BCUT2D eigenvalue weighted by Gasteiger charge is 2.20. The van der Waals surface area contributed by atoms with Crippen molar-refractivity contribution >= 4 is 17.3 Å². The van der Waals surface area contributed by atoms with E-state index in [4.69, 9.17) is 16.7 Å². The number of hydrogen-bond donors (Lipinski definition) is 2. The minimum absolute atomic E-state index is 0.128. The van der Waals surface area contributed by atoms with Crippen LogP contribution in [0.3, 0.4) is 0 Å². The summed E-state index contributed by atoms with van der Waals surface area (Å²) in [6, 6.07) is 0. The Balaban J connectivity index is 1.91. The molecule has 1 heterocycles. The molecular weight excluding hydrogens is 254 g/mol. The van der Waals surface area contributed by atoms with Crippen LogP contribution in [0.1, 0.15) is 25.7 Å². The first-order chi connectivity index (χ1) is 8.72. The molecule has 2 rings (SSSR count). The van der Waals surface area contributed by atoms with Crippen LogP contribution in [0, 0.1) is 5.92 Å². The average molecular weight is 272 g/mol. The van der Waals surface area contributed by atoms with Gasteiger partial charge in [-0.3, -0.25) is 4.79 Å². The minimum atomic E-state index is -0.363. The smallest absolute Gasteiger partial charge is 0.287 e. The van der Waals surface area contributed by atoms with Crippen LogP contribution < -0.4 is 10.9 Å². The topological polar surface area (TPSA) is 67.2 Å². The SMILES string of the molecule is O=c1c(Cl)c(NCCCC2CC2)cnn1CCO. The van der Waals surface area contributed by atoms with Gasteiger partial charge in [-0.2, -0.15) is 5.10 Å². The Hall–Kier alpha value is -1.07. The molecule has 0 amide bonds. The number of nitrogens with zero attached hydrogens (tertiary/aromatic N) is 2. The van der Waals surface area contributed by atoms with Gasteiger partial charge in [0.25, 0.3) is 5.56 Å². The summed E-state index contributed by atoms with van der Waals surface area (Å²) in [7, 11) is 0. The number of rotatable bonds is 7. The molecule has 100 valence electrons. The maximum Gasteiger partial charge on any atom is 0.287 e. The molecule has 0 spiro atoms. The van der Waals surface area contributed by atoms with E-state index < -0.39 is 0 Å². The summed E-state index contributed by atoms with van der Waals surface area (Å²) in [5, 5.41) is 16.0. The molecule has 5 nitrogen and oxygen atoms in total. The van der Waals surface area contributed by atoms with E-state index in [1.807, 2.05) is 0 Å². The van der Waals surface area contributed by atoms with Crippen molar-refractivity contribution < 1.29 is 5.11 Å². The predicted molar refractivity (Wildman–Crippen MR) is 71.0 cm³/mol. The van der Waals surface area contributed by atoms with Crippen LogP contribution in [-0.4, -0.2) is 28.0 Å². The number of anilines is 1. The van der Waals surface area contributed by atoms with E-state index in [0.29, 0.717) is 5.69 Å². The van der Waals surface area contributed by atoms with Crippen LogP contribution in [0.5, 0.6) is 0 Å². The van der Waals surface area contributed by atoms with E-state index in [2.05, 4.69) is 10.4 Å². The molecule has 0 saturated heterocycles. The largest absolute Gasteiger partial charge is 0.394 e. The first-order valence-corrected chi connectivity index (χ1v) is 6.70. The fourth-order valence-electron chi connectivity index (χ4n) is 1.86. The van der Waals surface area contributed by atoms with Crippen molar-refractivity contribution in [2.75, 3.05) is 18.5 Å². The lowest BCUT2D eigenvalue weighted by atomic mass is 10.2. The molecule has 0 aliphatic heterocycles. The highest BCUT2D eigenvalue weighted by atomic mass is 35.5. The van der Waals surface area contributed by atoms with Crippen molar-refractivity contribution in [1.29, 1.82) is 0 Å². The van der Waals surface area contributed by atoms with Crippen LogP contribution in [0.15, 0.2) is 11.0 Å². The van der Waals surface area contributed by atoms with E-state index >= 15 is 0 Å². The van der Waals surface area contributed by atoms with Crippen molar-refractivity contribution in [3.05, 3.63) is 21.6 Å². The summed E-state index contributed by atoms with van der Waals surface area (Å²) in [5.74, 6) is 0.915. The standard InChI is InChI=1S/C12H18ClN3O2/c13-11-10(14-5-1-2-9-3-4-9)8-15-16(6-7-17)12(11)18/h8-9,14,17H,1-7H2. The summed E-state index contributed by atoms with van der Waals surface area (Å²) in [6.07, 6.45) is 6.58. The zero-order chi connectivity index (χ0) is 13.0. The van der Waals surface area contributed by atoms with E-state index in [0.717, 1.165) is 23.6 Å². The van der Waals surface area contributed by atoms with Crippen LogP contribution in [0.2, 0.25) is 5.02 Å².